The molecule has 0 saturated carbocycles. The Morgan fingerprint density at radius 3 is 2.40 bits per heavy atom. The van der Waals surface area contributed by atoms with Crippen LogP contribution in [0.25, 0.3) is 0 Å². The molecular formula is C12H16O3. The highest BCUT2D eigenvalue weighted by molar-refractivity contribution is 5.84. The zero-order valence-electron chi connectivity index (χ0n) is 9.06. The molecule has 82 valence electrons. The van der Waals surface area contributed by atoms with Gasteiger partial charge >= 0.3 is 0 Å². The van der Waals surface area contributed by atoms with E-state index in [1.165, 1.54) is 0 Å². The number of aromatic hydroxyl groups is 1. The van der Waals surface area contributed by atoms with Gasteiger partial charge in [0.25, 0.3) is 0 Å². The summed E-state index contributed by atoms with van der Waals surface area (Å²) in [5, 5.41) is 9.14. The number of hydrogen-bond acceptors (Lipinski definition) is 3. The van der Waals surface area contributed by atoms with Gasteiger partial charge in [0.15, 0.2) is 5.78 Å². The van der Waals surface area contributed by atoms with E-state index in [0.29, 0.717) is 13.0 Å². The van der Waals surface area contributed by atoms with Gasteiger partial charge in [-0.25, -0.2) is 0 Å². The molecule has 1 aromatic carbocycles. The Morgan fingerprint density at radius 2 is 1.93 bits per heavy atom. The van der Waals surface area contributed by atoms with Crippen molar-refractivity contribution in [3.05, 3.63) is 29.8 Å². The van der Waals surface area contributed by atoms with E-state index in [1.54, 1.807) is 24.3 Å². The Kier molecular flexibility index (Phi) is 4.31. The van der Waals surface area contributed by atoms with E-state index < -0.39 is 6.10 Å². The van der Waals surface area contributed by atoms with Crippen LogP contribution in [0.3, 0.4) is 0 Å². The molecule has 15 heavy (non-hydrogen) atoms. The van der Waals surface area contributed by atoms with Crippen molar-refractivity contribution >= 4 is 5.78 Å². The number of ketones is 1. The molecule has 0 aliphatic rings. The molecule has 3 heteroatoms. The lowest BCUT2D eigenvalue weighted by molar-refractivity contribution is -0.130. The van der Waals surface area contributed by atoms with E-state index in [0.717, 1.165) is 5.56 Å². The van der Waals surface area contributed by atoms with Crippen LogP contribution in [-0.2, 0) is 9.53 Å². The summed E-state index contributed by atoms with van der Waals surface area (Å²) in [4.78, 5) is 11.6. The summed E-state index contributed by atoms with van der Waals surface area (Å²) in [5.41, 5.74) is 0.793. The number of carbonyl (C=O) groups excluding carboxylic acids is 1. The molecule has 0 aliphatic carbocycles. The zero-order valence-corrected chi connectivity index (χ0v) is 9.06. The summed E-state index contributed by atoms with van der Waals surface area (Å²) < 4.78 is 5.39. The predicted octanol–water partition coefficient (Wildman–Crippen LogP) is 2.45. The Hall–Kier alpha value is -1.35. The van der Waals surface area contributed by atoms with E-state index in [-0.39, 0.29) is 11.5 Å². The molecule has 1 aromatic rings. The van der Waals surface area contributed by atoms with Crippen LogP contribution in [-0.4, -0.2) is 17.5 Å². The molecule has 0 saturated heterocycles. The highest BCUT2D eigenvalue weighted by Gasteiger charge is 2.18. The average Bonchev–Trinajstić information content (AvgIpc) is 2.26. The quantitative estimate of drug-likeness (QED) is 0.808. The van der Waals surface area contributed by atoms with Crippen LogP contribution < -0.4 is 0 Å². The van der Waals surface area contributed by atoms with Gasteiger partial charge in [0.1, 0.15) is 11.9 Å². The normalized spacial score (nSPS) is 12.4. The van der Waals surface area contributed by atoms with E-state index in [9.17, 15) is 4.79 Å². The van der Waals surface area contributed by atoms with Gasteiger partial charge in [-0.2, -0.15) is 0 Å². The van der Waals surface area contributed by atoms with Crippen LogP contribution in [0.15, 0.2) is 24.3 Å². The first-order chi connectivity index (χ1) is 7.19. The second-order valence-corrected chi connectivity index (χ2v) is 3.25. The summed E-state index contributed by atoms with van der Waals surface area (Å²) in [5.74, 6) is 0.250. The Morgan fingerprint density at radius 1 is 1.33 bits per heavy atom. The Labute approximate surface area is 89.7 Å². The summed E-state index contributed by atoms with van der Waals surface area (Å²) >= 11 is 0. The minimum Gasteiger partial charge on any atom is -0.508 e. The molecule has 3 nitrogen and oxygen atoms in total. The third-order valence-electron chi connectivity index (χ3n) is 2.17. The number of carbonyl (C=O) groups is 1. The first-order valence-electron chi connectivity index (χ1n) is 5.12. The summed E-state index contributed by atoms with van der Waals surface area (Å²) in [6.07, 6.45) is -0.0495. The number of ether oxygens (including phenoxy) is 1. The second kappa shape index (κ2) is 5.51. The van der Waals surface area contributed by atoms with Crippen LogP contribution >= 0.6 is 0 Å². The smallest absolute Gasteiger partial charge is 0.165 e. The van der Waals surface area contributed by atoms with Crippen LogP contribution in [0.5, 0.6) is 5.75 Å². The molecule has 0 amide bonds. The maximum Gasteiger partial charge on any atom is 0.165 e. The fraction of sp³-hybridized carbons (Fsp3) is 0.417. The van der Waals surface area contributed by atoms with Gasteiger partial charge < -0.3 is 9.84 Å². The van der Waals surface area contributed by atoms with Gasteiger partial charge in [-0.3, -0.25) is 4.79 Å². The monoisotopic (exact) mass is 208 g/mol. The number of rotatable bonds is 5. The highest BCUT2D eigenvalue weighted by Crippen LogP contribution is 2.22. The maximum absolute atomic E-state index is 11.6. The summed E-state index contributed by atoms with van der Waals surface area (Å²) in [6.45, 7) is 4.17. The SMILES string of the molecule is CCOC(C(=O)CC)c1ccc(O)cc1. The lowest BCUT2D eigenvalue weighted by Crippen LogP contribution is -2.15. The van der Waals surface area contributed by atoms with Crippen LogP contribution in [0, 0.1) is 0 Å². The Bertz CT molecular complexity index is 316. The molecule has 0 bridgehead atoms. The van der Waals surface area contributed by atoms with Crippen LogP contribution in [0.4, 0.5) is 0 Å². The van der Waals surface area contributed by atoms with Crippen LogP contribution in [0.2, 0.25) is 0 Å². The molecular weight excluding hydrogens is 192 g/mol. The molecule has 0 aliphatic heterocycles. The van der Waals surface area contributed by atoms with E-state index in [1.807, 2.05) is 13.8 Å². The lowest BCUT2D eigenvalue weighted by atomic mass is 10.0. The van der Waals surface area contributed by atoms with Gasteiger partial charge in [-0.15, -0.1) is 0 Å². The lowest BCUT2D eigenvalue weighted by Gasteiger charge is -2.15. The molecule has 0 radical (unpaired) electrons. The number of Topliss-reactive ketones (excluding diaryl/α,β-unsaturated/α-hetero) is 1. The number of phenols is 1. The molecule has 0 spiro atoms. The third-order valence-corrected chi connectivity index (χ3v) is 2.17. The van der Waals surface area contributed by atoms with Gasteiger partial charge in [-0.1, -0.05) is 19.1 Å². The van der Waals surface area contributed by atoms with Gasteiger partial charge in [0, 0.05) is 13.0 Å². The largest absolute Gasteiger partial charge is 0.508 e. The summed E-state index contributed by atoms with van der Waals surface area (Å²) in [7, 11) is 0. The van der Waals surface area contributed by atoms with Crippen molar-refractivity contribution in [1.29, 1.82) is 0 Å². The van der Waals surface area contributed by atoms with E-state index >= 15 is 0 Å². The first-order valence-corrected chi connectivity index (χ1v) is 5.12. The van der Waals surface area contributed by atoms with Crippen molar-refractivity contribution in [3.63, 3.8) is 0 Å². The Balaban J connectivity index is 2.88. The van der Waals surface area contributed by atoms with E-state index in [2.05, 4.69) is 0 Å². The van der Waals surface area contributed by atoms with Crippen molar-refractivity contribution in [2.24, 2.45) is 0 Å². The average molecular weight is 208 g/mol. The standard InChI is InChI=1S/C12H16O3/c1-3-11(14)12(15-4-2)9-5-7-10(13)8-6-9/h5-8,12-13H,3-4H2,1-2H3. The second-order valence-electron chi connectivity index (χ2n) is 3.25. The highest BCUT2D eigenvalue weighted by atomic mass is 16.5. The topological polar surface area (TPSA) is 46.5 Å². The van der Waals surface area contributed by atoms with Crippen molar-refractivity contribution in [2.75, 3.05) is 6.61 Å². The minimum atomic E-state index is -0.499. The minimum absolute atomic E-state index is 0.0579. The third kappa shape index (κ3) is 3.06. The van der Waals surface area contributed by atoms with Crippen molar-refractivity contribution < 1.29 is 14.6 Å². The van der Waals surface area contributed by atoms with Crippen molar-refractivity contribution in [3.8, 4) is 5.75 Å². The van der Waals surface area contributed by atoms with Gasteiger partial charge in [0.05, 0.1) is 0 Å². The first kappa shape index (κ1) is 11.7. The fourth-order valence-electron chi connectivity index (χ4n) is 1.38. The predicted molar refractivity (Wildman–Crippen MR) is 57.8 cm³/mol. The fourth-order valence-corrected chi connectivity index (χ4v) is 1.38. The number of benzene rings is 1. The zero-order chi connectivity index (χ0) is 11.3. The molecule has 1 atom stereocenters. The van der Waals surface area contributed by atoms with Crippen LogP contribution in [0.1, 0.15) is 31.9 Å². The molecule has 1 N–H and O–H groups in total. The molecule has 1 rings (SSSR count). The van der Waals surface area contributed by atoms with Gasteiger partial charge in [-0.05, 0) is 24.6 Å². The van der Waals surface area contributed by atoms with Crippen molar-refractivity contribution in [1.82, 2.24) is 0 Å². The summed E-state index contributed by atoms with van der Waals surface area (Å²) in [6, 6.07) is 6.54. The number of hydrogen-bond donors (Lipinski definition) is 1. The molecule has 1 unspecified atom stereocenters. The number of phenolic OH excluding ortho intramolecular Hbond substituents is 1. The molecule has 0 fully saturated rings. The van der Waals surface area contributed by atoms with E-state index in [4.69, 9.17) is 9.84 Å². The molecule has 0 heterocycles. The van der Waals surface area contributed by atoms with Crippen molar-refractivity contribution in [2.45, 2.75) is 26.4 Å². The maximum atomic E-state index is 11.6. The molecule has 0 aromatic heterocycles. The van der Waals surface area contributed by atoms with Gasteiger partial charge in [0.2, 0.25) is 0 Å².